The molecular formula is C23H25N3. The van der Waals surface area contributed by atoms with E-state index in [1.807, 2.05) is 12.3 Å². The lowest BCUT2D eigenvalue weighted by Gasteiger charge is -2.42. The van der Waals surface area contributed by atoms with Gasteiger partial charge in [-0.25, -0.2) is 0 Å². The fourth-order valence-corrected chi connectivity index (χ4v) is 3.82. The molecule has 2 aromatic carbocycles. The van der Waals surface area contributed by atoms with Crippen molar-refractivity contribution in [2.24, 2.45) is 0 Å². The van der Waals surface area contributed by atoms with Crippen LogP contribution in [0.3, 0.4) is 0 Å². The third-order valence-corrected chi connectivity index (χ3v) is 5.27. The number of hydrogen-bond donors (Lipinski definition) is 1. The van der Waals surface area contributed by atoms with Crippen molar-refractivity contribution in [1.29, 1.82) is 0 Å². The van der Waals surface area contributed by atoms with Crippen LogP contribution in [0.2, 0.25) is 0 Å². The van der Waals surface area contributed by atoms with E-state index in [0.29, 0.717) is 0 Å². The van der Waals surface area contributed by atoms with Gasteiger partial charge in [0.05, 0.1) is 11.2 Å². The summed E-state index contributed by atoms with van der Waals surface area (Å²) in [5, 5.41) is 3.81. The van der Waals surface area contributed by atoms with Crippen molar-refractivity contribution in [3.05, 3.63) is 96.3 Å². The standard InChI is InChI=1S/C23H25N3/c1-3-9-20(10-4-1)19-26-17-14-23(15-18-26,22-13-7-8-16-24-22)25-21-11-5-2-6-12-21/h1-13,16,25H,14-15,17-19H2. The van der Waals surface area contributed by atoms with E-state index in [-0.39, 0.29) is 5.54 Å². The van der Waals surface area contributed by atoms with E-state index in [9.17, 15) is 0 Å². The maximum absolute atomic E-state index is 4.70. The average Bonchev–Trinajstić information content (AvgIpc) is 2.72. The maximum Gasteiger partial charge on any atom is 0.0820 e. The quantitative estimate of drug-likeness (QED) is 0.729. The highest BCUT2D eigenvalue weighted by molar-refractivity contribution is 5.47. The number of pyridine rings is 1. The van der Waals surface area contributed by atoms with Crippen LogP contribution in [0.15, 0.2) is 85.1 Å². The number of nitrogens with one attached hydrogen (secondary N) is 1. The molecule has 0 amide bonds. The predicted molar refractivity (Wildman–Crippen MR) is 107 cm³/mol. The molecule has 26 heavy (non-hydrogen) atoms. The monoisotopic (exact) mass is 343 g/mol. The topological polar surface area (TPSA) is 28.2 Å². The molecule has 1 fully saturated rings. The van der Waals surface area contributed by atoms with Crippen LogP contribution in [-0.4, -0.2) is 23.0 Å². The first kappa shape index (κ1) is 16.8. The third kappa shape index (κ3) is 3.78. The number of para-hydroxylation sites is 1. The van der Waals surface area contributed by atoms with Crippen LogP contribution in [-0.2, 0) is 12.1 Å². The second-order valence-corrected chi connectivity index (χ2v) is 7.05. The summed E-state index contributed by atoms with van der Waals surface area (Å²) in [5.41, 5.74) is 3.59. The molecule has 3 aromatic rings. The maximum atomic E-state index is 4.70. The van der Waals surface area contributed by atoms with Crippen LogP contribution in [0.25, 0.3) is 0 Å². The van der Waals surface area contributed by atoms with Gasteiger partial charge in [0.15, 0.2) is 0 Å². The Morgan fingerprint density at radius 2 is 1.46 bits per heavy atom. The van der Waals surface area contributed by atoms with E-state index in [1.54, 1.807) is 0 Å². The Morgan fingerprint density at radius 3 is 2.12 bits per heavy atom. The van der Waals surface area contributed by atoms with Gasteiger partial charge in [0.1, 0.15) is 0 Å². The normalized spacial score (nSPS) is 16.9. The van der Waals surface area contributed by atoms with Crippen molar-refractivity contribution in [1.82, 2.24) is 9.88 Å². The van der Waals surface area contributed by atoms with Crippen LogP contribution < -0.4 is 5.32 Å². The van der Waals surface area contributed by atoms with Gasteiger partial charge in [0, 0.05) is 31.5 Å². The van der Waals surface area contributed by atoms with Crippen molar-refractivity contribution >= 4 is 5.69 Å². The molecule has 2 heterocycles. The summed E-state index contributed by atoms with van der Waals surface area (Å²) < 4.78 is 0. The van der Waals surface area contributed by atoms with Gasteiger partial charge >= 0.3 is 0 Å². The Balaban J connectivity index is 1.52. The summed E-state index contributed by atoms with van der Waals surface area (Å²) in [5.74, 6) is 0. The highest BCUT2D eigenvalue weighted by atomic mass is 15.2. The largest absolute Gasteiger partial charge is 0.374 e. The summed E-state index contributed by atoms with van der Waals surface area (Å²) in [6, 6.07) is 27.5. The molecule has 3 nitrogen and oxygen atoms in total. The average molecular weight is 343 g/mol. The molecule has 1 aromatic heterocycles. The second-order valence-electron chi connectivity index (χ2n) is 7.05. The highest BCUT2D eigenvalue weighted by Crippen LogP contribution is 2.35. The zero-order valence-electron chi connectivity index (χ0n) is 15.0. The van der Waals surface area contributed by atoms with Gasteiger partial charge < -0.3 is 5.32 Å². The molecule has 1 aliphatic rings. The van der Waals surface area contributed by atoms with Gasteiger partial charge in [-0.1, -0.05) is 54.6 Å². The Labute approximate surface area is 155 Å². The Morgan fingerprint density at radius 1 is 0.808 bits per heavy atom. The number of nitrogens with zero attached hydrogens (tertiary/aromatic N) is 2. The lowest BCUT2D eigenvalue weighted by Crippen LogP contribution is -2.47. The zero-order chi connectivity index (χ0) is 17.7. The molecule has 0 aliphatic carbocycles. The Bertz CT molecular complexity index is 795. The van der Waals surface area contributed by atoms with E-state index in [2.05, 4.69) is 83.0 Å². The molecule has 1 N–H and O–H groups in total. The van der Waals surface area contributed by atoms with Crippen molar-refractivity contribution in [2.75, 3.05) is 18.4 Å². The van der Waals surface area contributed by atoms with Crippen molar-refractivity contribution in [3.63, 3.8) is 0 Å². The minimum Gasteiger partial charge on any atom is -0.374 e. The summed E-state index contributed by atoms with van der Waals surface area (Å²) in [6.45, 7) is 3.14. The lowest BCUT2D eigenvalue weighted by atomic mass is 9.83. The van der Waals surface area contributed by atoms with E-state index in [4.69, 9.17) is 4.98 Å². The minimum absolute atomic E-state index is 0.101. The first-order chi connectivity index (χ1) is 12.8. The van der Waals surface area contributed by atoms with Gasteiger partial charge in [-0.15, -0.1) is 0 Å². The first-order valence-corrected chi connectivity index (χ1v) is 9.35. The summed E-state index contributed by atoms with van der Waals surface area (Å²) in [7, 11) is 0. The molecule has 0 radical (unpaired) electrons. The number of hydrogen-bond acceptors (Lipinski definition) is 3. The minimum atomic E-state index is -0.101. The number of benzene rings is 2. The number of piperidine rings is 1. The van der Waals surface area contributed by atoms with E-state index in [1.165, 1.54) is 5.56 Å². The van der Waals surface area contributed by atoms with Gasteiger partial charge in [0.25, 0.3) is 0 Å². The number of anilines is 1. The highest BCUT2D eigenvalue weighted by Gasteiger charge is 2.37. The molecule has 3 heteroatoms. The molecule has 0 spiro atoms. The molecule has 0 unspecified atom stereocenters. The van der Waals surface area contributed by atoms with Crippen molar-refractivity contribution < 1.29 is 0 Å². The molecular weight excluding hydrogens is 318 g/mol. The molecule has 1 saturated heterocycles. The molecule has 0 atom stereocenters. The van der Waals surface area contributed by atoms with E-state index < -0.39 is 0 Å². The van der Waals surface area contributed by atoms with Crippen LogP contribution in [0, 0.1) is 0 Å². The number of likely N-dealkylation sites (tertiary alicyclic amines) is 1. The van der Waals surface area contributed by atoms with Crippen LogP contribution >= 0.6 is 0 Å². The number of aromatic nitrogens is 1. The van der Waals surface area contributed by atoms with Gasteiger partial charge in [-0.3, -0.25) is 9.88 Å². The summed E-state index contributed by atoms with van der Waals surface area (Å²) in [6.07, 6.45) is 4.00. The summed E-state index contributed by atoms with van der Waals surface area (Å²) in [4.78, 5) is 7.24. The fraction of sp³-hybridized carbons (Fsp3) is 0.261. The van der Waals surface area contributed by atoms with Crippen molar-refractivity contribution in [2.45, 2.75) is 24.9 Å². The smallest absolute Gasteiger partial charge is 0.0820 e. The number of rotatable bonds is 5. The van der Waals surface area contributed by atoms with Gasteiger partial charge in [-0.2, -0.15) is 0 Å². The molecule has 1 aliphatic heterocycles. The third-order valence-electron chi connectivity index (χ3n) is 5.27. The molecule has 132 valence electrons. The molecule has 0 bridgehead atoms. The van der Waals surface area contributed by atoms with Crippen molar-refractivity contribution in [3.8, 4) is 0 Å². The second kappa shape index (κ2) is 7.71. The lowest BCUT2D eigenvalue weighted by molar-refractivity contribution is 0.164. The Hall–Kier alpha value is -2.65. The molecule has 4 rings (SSSR count). The summed E-state index contributed by atoms with van der Waals surface area (Å²) >= 11 is 0. The van der Waals surface area contributed by atoms with Gasteiger partial charge in [-0.05, 0) is 42.7 Å². The molecule has 0 saturated carbocycles. The first-order valence-electron chi connectivity index (χ1n) is 9.35. The SMILES string of the molecule is c1ccc(CN2CCC(Nc3ccccc3)(c3ccccn3)CC2)cc1. The Kier molecular flexibility index (Phi) is 4.98. The van der Waals surface area contributed by atoms with Crippen LogP contribution in [0.1, 0.15) is 24.1 Å². The van der Waals surface area contributed by atoms with Gasteiger partial charge in [0.2, 0.25) is 0 Å². The zero-order valence-corrected chi connectivity index (χ0v) is 15.0. The van der Waals surface area contributed by atoms with E-state index >= 15 is 0 Å². The van der Waals surface area contributed by atoms with Crippen LogP contribution in [0.4, 0.5) is 5.69 Å². The van der Waals surface area contributed by atoms with E-state index in [0.717, 1.165) is 43.9 Å². The predicted octanol–water partition coefficient (Wildman–Crippen LogP) is 4.69. The fourth-order valence-electron chi connectivity index (χ4n) is 3.82. The van der Waals surface area contributed by atoms with Crippen LogP contribution in [0.5, 0.6) is 0 Å².